The number of aryl methyl sites for hydroxylation is 1. The van der Waals surface area contributed by atoms with E-state index in [0.717, 1.165) is 48.1 Å². The van der Waals surface area contributed by atoms with Crippen molar-refractivity contribution in [1.29, 1.82) is 5.26 Å². The first-order chi connectivity index (χ1) is 20.1. The van der Waals surface area contributed by atoms with Gasteiger partial charge in [0.1, 0.15) is 12.4 Å². The van der Waals surface area contributed by atoms with E-state index in [9.17, 15) is 10.1 Å². The summed E-state index contributed by atoms with van der Waals surface area (Å²) in [7, 11) is 2.14. The van der Waals surface area contributed by atoms with Crippen LogP contribution in [0.2, 0.25) is 0 Å². The standard InChI is InChI=1S/C33H38N6O2/c1-3-31(40)39-19-18-38(21-25(39)15-16-34)32-29-14-13-24(28-12-6-9-23-8-4-5-11-27(23)28)20-30(29)35-33(36-32)41-22-26-10-7-17-37(26)2/h3,6,9,12-14,20,25-26H,1,4-5,7-8,10-11,15,17-19,21-22H2,2H3/t25-,26-/m0/s1. The molecule has 3 aromatic rings. The van der Waals surface area contributed by atoms with E-state index in [-0.39, 0.29) is 18.4 Å². The first-order valence-corrected chi connectivity index (χ1v) is 14.9. The Morgan fingerprint density at radius 1 is 1.12 bits per heavy atom. The maximum absolute atomic E-state index is 12.5. The van der Waals surface area contributed by atoms with Crippen molar-refractivity contribution < 1.29 is 9.53 Å². The molecule has 2 saturated heterocycles. The van der Waals surface area contributed by atoms with Crippen molar-refractivity contribution >= 4 is 22.6 Å². The van der Waals surface area contributed by atoms with Gasteiger partial charge in [0, 0.05) is 31.1 Å². The van der Waals surface area contributed by atoms with Crippen molar-refractivity contribution in [3.63, 3.8) is 0 Å². The number of hydrogen-bond donors (Lipinski definition) is 0. The minimum Gasteiger partial charge on any atom is -0.462 e. The molecule has 8 heteroatoms. The number of amides is 1. The van der Waals surface area contributed by atoms with Crippen LogP contribution in [0.1, 0.15) is 43.2 Å². The minimum absolute atomic E-state index is 0.141. The third-order valence-electron chi connectivity index (χ3n) is 9.01. The highest BCUT2D eigenvalue weighted by molar-refractivity contribution is 5.93. The molecule has 1 aliphatic carbocycles. The van der Waals surface area contributed by atoms with Crippen LogP contribution < -0.4 is 9.64 Å². The predicted molar refractivity (Wildman–Crippen MR) is 161 cm³/mol. The van der Waals surface area contributed by atoms with Gasteiger partial charge in [-0.3, -0.25) is 4.79 Å². The van der Waals surface area contributed by atoms with Crippen molar-refractivity contribution in [2.45, 2.75) is 57.0 Å². The fourth-order valence-corrected chi connectivity index (χ4v) is 6.71. The van der Waals surface area contributed by atoms with Crippen molar-refractivity contribution in [3.05, 3.63) is 60.2 Å². The number of rotatable bonds is 7. The Morgan fingerprint density at radius 3 is 2.80 bits per heavy atom. The maximum atomic E-state index is 12.5. The lowest BCUT2D eigenvalue weighted by Gasteiger charge is -2.41. The molecule has 0 saturated carbocycles. The Labute approximate surface area is 242 Å². The summed E-state index contributed by atoms with van der Waals surface area (Å²) in [4.78, 5) is 28.6. The highest BCUT2D eigenvalue weighted by Crippen LogP contribution is 2.35. The number of benzene rings is 2. The molecule has 6 rings (SSSR count). The van der Waals surface area contributed by atoms with E-state index < -0.39 is 0 Å². The van der Waals surface area contributed by atoms with Crippen LogP contribution in [0.4, 0.5) is 5.82 Å². The summed E-state index contributed by atoms with van der Waals surface area (Å²) in [5.74, 6) is 0.651. The molecule has 212 valence electrons. The number of fused-ring (bicyclic) bond motifs is 2. The van der Waals surface area contributed by atoms with Crippen LogP contribution in [0.5, 0.6) is 6.01 Å². The Hall–Kier alpha value is -3.96. The second kappa shape index (κ2) is 11.9. The average molecular weight is 551 g/mol. The summed E-state index contributed by atoms with van der Waals surface area (Å²) in [6.07, 6.45) is 8.58. The maximum Gasteiger partial charge on any atom is 0.319 e. The van der Waals surface area contributed by atoms with Crippen LogP contribution in [0.25, 0.3) is 22.0 Å². The summed E-state index contributed by atoms with van der Waals surface area (Å²) in [5.41, 5.74) is 6.20. The van der Waals surface area contributed by atoms with E-state index in [2.05, 4.69) is 65.9 Å². The van der Waals surface area contributed by atoms with Crippen molar-refractivity contribution in [3.8, 4) is 23.2 Å². The molecule has 0 unspecified atom stereocenters. The zero-order valence-electron chi connectivity index (χ0n) is 23.9. The number of nitrogens with zero attached hydrogens (tertiary/aromatic N) is 6. The summed E-state index contributed by atoms with van der Waals surface area (Å²) >= 11 is 0. The summed E-state index contributed by atoms with van der Waals surface area (Å²) in [6.45, 7) is 6.89. The second-order valence-corrected chi connectivity index (χ2v) is 11.5. The molecule has 2 aliphatic heterocycles. The van der Waals surface area contributed by atoms with Crippen molar-refractivity contribution in [2.75, 3.05) is 44.7 Å². The number of carbonyl (C=O) groups is 1. The molecule has 3 heterocycles. The van der Waals surface area contributed by atoms with E-state index in [1.54, 1.807) is 4.90 Å². The fourth-order valence-electron chi connectivity index (χ4n) is 6.71. The first kappa shape index (κ1) is 27.2. The first-order valence-electron chi connectivity index (χ1n) is 14.9. The van der Waals surface area contributed by atoms with Crippen LogP contribution in [-0.4, -0.2) is 77.6 Å². The molecular formula is C33H38N6O2. The number of likely N-dealkylation sites (tertiary alicyclic amines) is 1. The quantitative estimate of drug-likeness (QED) is 0.392. The van der Waals surface area contributed by atoms with Crippen LogP contribution in [0.3, 0.4) is 0 Å². The molecule has 3 aliphatic rings. The average Bonchev–Trinajstić information content (AvgIpc) is 3.43. The molecule has 0 spiro atoms. The van der Waals surface area contributed by atoms with Crippen LogP contribution in [-0.2, 0) is 17.6 Å². The molecule has 0 N–H and O–H groups in total. The van der Waals surface area contributed by atoms with E-state index in [4.69, 9.17) is 14.7 Å². The third-order valence-corrected chi connectivity index (χ3v) is 9.01. The van der Waals surface area contributed by atoms with Gasteiger partial charge in [-0.05, 0) is 92.6 Å². The lowest BCUT2D eigenvalue weighted by molar-refractivity contribution is -0.128. The number of nitriles is 1. The predicted octanol–water partition coefficient (Wildman–Crippen LogP) is 4.77. The molecule has 41 heavy (non-hydrogen) atoms. The van der Waals surface area contributed by atoms with Gasteiger partial charge in [0.05, 0.1) is 24.0 Å². The lowest BCUT2D eigenvalue weighted by atomic mass is 9.86. The molecule has 2 fully saturated rings. The number of aromatic nitrogens is 2. The Morgan fingerprint density at radius 2 is 2.00 bits per heavy atom. The smallest absolute Gasteiger partial charge is 0.319 e. The number of ether oxygens (including phenoxy) is 1. The molecular weight excluding hydrogens is 512 g/mol. The van der Waals surface area contributed by atoms with Gasteiger partial charge in [0.2, 0.25) is 5.91 Å². The second-order valence-electron chi connectivity index (χ2n) is 11.5. The number of likely N-dealkylation sites (N-methyl/N-ethyl adjacent to an activating group) is 1. The Kier molecular flexibility index (Phi) is 7.89. The Bertz CT molecular complexity index is 1500. The molecule has 8 nitrogen and oxygen atoms in total. The number of hydrogen-bond acceptors (Lipinski definition) is 7. The number of carbonyl (C=O) groups excluding carboxylic acids is 1. The normalized spacial score (nSPS) is 21.0. The third kappa shape index (κ3) is 5.51. The number of anilines is 1. The van der Waals surface area contributed by atoms with Crippen LogP contribution >= 0.6 is 0 Å². The van der Waals surface area contributed by atoms with Gasteiger partial charge in [-0.25, -0.2) is 0 Å². The largest absolute Gasteiger partial charge is 0.462 e. The molecule has 1 amide bonds. The summed E-state index contributed by atoms with van der Waals surface area (Å²) in [5, 5.41) is 10.4. The SMILES string of the molecule is C=CC(=O)N1CCN(c2nc(OC[C@@H]3CCCN3C)nc3cc(-c4cccc5c4CCCC5)ccc23)C[C@@H]1CC#N. The number of piperazine rings is 1. The van der Waals surface area contributed by atoms with Gasteiger partial charge < -0.3 is 19.4 Å². The van der Waals surface area contributed by atoms with Crippen molar-refractivity contribution in [2.24, 2.45) is 0 Å². The highest BCUT2D eigenvalue weighted by atomic mass is 16.5. The van der Waals surface area contributed by atoms with E-state index >= 15 is 0 Å². The Balaban J connectivity index is 1.38. The van der Waals surface area contributed by atoms with Gasteiger partial charge in [-0.1, -0.05) is 30.8 Å². The van der Waals surface area contributed by atoms with Gasteiger partial charge in [-0.2, -0.15) is 15.2 Å². The highest BCUT2D eigenvalue weighted by Gasteiger charge is 2.31. The van der Waals surface area contributed by atoms with Gasteiger partial charge >= 0.3 is 6.01 Å². The molecule has 2 aromatic carbocycles. The molecule has 0 bridgehead atoms. The van der Waals surface area contributed by atoms with Gasteiger partial charge in [0.15, 0.2) is 0 Å². The van der Waals surface area contributed by atoms with Crippen molar-refractivity contribution in [1.82, 2.24) is 19.8 Å². The van der Waals surface area contributed by atoms with Gasteiger partial charge in [0.25, 0.3) is 0 Å². The zero-order valence-corrected chi connectivity index (χ0v) is 23.9. The topological polar surface area (TPSA) is 85.6 Å². The van der Waals surface area contributed by atoms with E-state index in [0.29, 0.717) is 38.3 Å². The summed E-state index contributed by atoms with van der Waals surface area (Å²) in [6, 6.07) is 15.9. The van der Waals surface area contributed by atoms with E-state index in [1.165, 1.54) is 42.0 Å². The lowest BCUT2D eigenvalue weighted by Crippen LogP contribution is -2.55. The van der Waals surface area contributed by atoms with E-state index in [1.807, 2.05) is 0 Å². The minimum atomic E-state index is -0.240. The van der Waals surface area contributed by atoms with Gasteiger partial charge in [-0.15, -0.1) is 0 Å². The molecule has 0 radical (unpaired) electrons. The molecule has 1 aromatic heterocycles. The monoisotopic (exact) mass is 550 g/mol. The molecule has 2 atom stereocenters. The zero-order chi connectivity index (χ0) is 28.3. The van der Waals surface area contributed by atoms with Crippen LogP contribution in [0, 0.1) is 11.3 Å². The summed E-state index contributed by atoms with van der Waals surface area (Å²) < 4.78 is 6.27. The fraction of sp³-hybridized carbons (Fsp3) is 0.455. The van der Waals surface area contributed by atoms with Crippen LogP contribution in [0.15, 0.2) is 49.1 Å².